The van der Waals surface area contributed by atoms with Gasteiger partial charge in [0, 0.05) is 19.3 Å². The Labute approximate surface area is 318 Å². The van der Waals surface area contributed by atoms with E-state index in [1.807, 2.05) is 0 Å². The van der Waals surface area contributed by atoms with Crippen molar-refractivity contribution in [1.29, 1.82) is 0 Å². The van der Waals surface area contributed by atoms with Crippen molar-refractivity contribution in [2.24, 2.45) is 5.92 Å². The molecule has 0 aromatic heterocycles. The quantitative estimate of drug-likeness (QED) is 0.0246. The molecule has 14 heteroatoms. The molecule has 0 spiro atoms. The Kier molecular flexibility index (Phi) is 24.1. The van der Waals surface area contributed by atoms with Gasteiger partial charge in [0.2, 0.25) is 12.7 Å². The lowest BCUT2D eigenvalue weighted by Crippen LogP contribution is -2.55. The smallest absolute Gasteiger partial charge is 0.481 e. The van der Waals surface area contributed by atoms with Gasteiger partial charge in [-0.15, -0.1) is 5.92 Å². The highest BCUT2D eigenvalue weighted by Crippen LogP contribution is 2.26. The highest BCUT2D eigenvalue weighted by Gasteiger charge is 2.49. The third-order valence-corrected chi connectivity index (χ3v) is 8.31. The third kappa shape index (κ3) is 19.8. The minimum Gasteiger partial charge on any atom is -0.481 e. The van der Waals surface area contributed by atoms with Crippen LogP contribution < -0.4 is 10.1 Å². The van der Waals surface area contributed by atoms with Crippen LogP contribution in [0.4, 0.5) is 4.79 Å². The van der Waals surface area contributed by atoms with Gasteiger partial charge in [0.1, 0.15) is 24.2 Å². The van der Waals surface area contributed by atoms with Crippen LogP contribution in [0.25, 0.3) is 0 Å². The Morgan fingerprint density at radius 3 is 2.09 bits per heavy atom. The normalized spacial score (nSPS) is 13.0. The van der Waals surface area contributed by atoms with Crippen molar-refractivity contribution in [3.8, 4) is 17.6 Å². The molecule has 0 radical (unpaired) electrons. The summed E-state index contributed by atoms with van der Waals surface area (Å²) >= 11 is 0. The number of aliphatic carboxylic acids is 2. The van der Waals surface area contributed by atoms with Gasteiger partial charge >= 0.3 is 24.1 Å². The van der Waals surface area contributed by atoms with Gasteiger partial charge in [-0.2, -0.15) is 0 Å². The number of carbonyl (C=O) groups is 6. The summed E-state index contributed by atoms with van der Waals surface area (Å²) in [5.41, 5.74) is -2.57. The van der Waals surface area contributed by atoms with Gasteiger partial charge < -0.3 is 39.6 Å². The first kappa shape index (κ1) is 47.1. The van der Waals surface area contributed by atoms with Crippen LogP contribution in [0.15, 0.2) is 36.4 Å². The van der Waals surface area contributed by atoms with Crippen LogP contribution in [0.3, 0.4) is 0 Å². The molecule has 0 heterocycles. The number of unbranched alkanes of at least 4 members (excludes halogenated alkanes) is 8. The van der Waals surface area contributed by atoms with Crippen molar-refractivity contribution < 1.29 is 63.0 Å². The molecular formula is C40H57NO13. The van der Waals surface area contributed by atoms with E-state index < -0.39 is 60.7 Å². The molecule has 0 aliphatic rings. The van der Waals surface area contributed by atoms with Gasteiger partial charge in [0.25, 0.3) is 0 Å². The van der Waals surface area contributed by atoms with Gasteiger partial charge in [-0.3, -0.25) is 14.4 Å². The predicted molar refractivity (Wildman–Crippen MR) is 198 cm³/mol. The zero-order valence-electron chi connectivity index (χ0n) is 31.8. The highest BCUT2D eigenvalue weighted by molar-refractivity contribution is 5.94. The second kappa shape index (κ2) is 27.7. The van der Waals surface area contributed by atoms with E-state index in [4.69, 9.17) is 18.9 Å². The number of nitrogens with one attached hydrogen (secondary N) is 1. The number of Topliss-reactive ketones (excluding diaryl/α,β-unsaturated/α-hetero) is 1. The summed E-state index contributed by atoms with van der Waals surface area (Å²) < 4.78 is 20.1. The number of benzene rings is 1. The van der Waals surface area contributed by atoms with Crippen molar-refractivity contribution in [3.63, 3.8) is 0 Å². The number of carboxylic acids is 2. The number of ether oxygens (including phenoxy) is 4. The molecule has 0 aliphatic heterocycles. The Hall–Kier alpha value is -4.90. The molecule has 3 atom stereocenters. The molecule has 1 amide bonds. The van der Waals surface area contributed by atoms with Crippen LogP contribution in [0.5, 0.6) is 5.75 Å². The fourth-order valence-electron chi connectivity index (χ4n) is 5.30. The lowest BCUT2D eigenvalue weighted by atomic mass is 9.82. The number of carboxylic acid groups (broad SMARTS) is 2. The van der Waals surface area contributed by atoms with Crippen molar-refractivity contribution in [1.82, 2.24) is 5.32 Å². The average molecular weight is 760 g/mol. The summed E-state index contributed by atoms with van der Waals surface area (Å²) in [5.74, 6) is -1.59. The molecule has 0 fully saturated rings. The van der Waals surface area contributed by atoms with Gasteiger partial charge in [-0.1, -0.05) is 82.6 Å². The Morgan fingerprint density at radius 2 is 1.50 bits per heavy atom. The largest absolute Gasteiger partial charge is 0.511 e. The van der Waals surface area contributed by atoms with E-state index >= 15 is 0 Å². The highest BCUT2D eigenvalue weighted by atomic mass is 16.8. The predicted octanol–water partition coefficient (Wildman–Crippen LogP) is 5.91. The Morgan fingerprint density at radius 1 is 0.852 bits per heavy atom. The molecule has 0 saturated carbocycles. The zero-order chi connectivity index (χ0) is 40.2. The zero-order valence-corrected chi connectivity index (χ0v) is 31.8. The maximum Gasteiger partial charge on any atom is 0.511 e. The molecule has 54 heavy (non-hydrogen) atoms. The molecule has 1 aromatic rings. The summed E-state index contributed by atoms with van der Waals surface area (Å²) in [6.45, 7) is 4.96. The van der Waals surface area contributed by atoms with Gasteiger partial charge in [-0.05, 0) is 56.7 Å². The summed E-state index contributed by atoms with van der Waals surface area (Å²) in [6.07, 6.45) is 10.4. The summed E-state index contributed by atoms with van der Waals surface area (Å²) in [4.78, 5) is 74.7. The summed E-state index contributed by atoms with van der Waals surface area (Å²) in [5, 5.41) is 32.9. The van der Waals surface area contributed by atoms with Crippen LogP contribution in [0.2, 0.25) is 0 Å². The van der Waals surface area contributed by atoms with E-state index in [9.17, 15) is 44.1 Å². The number of aliphatic hydroxyl groups is 1. The van der Waals surface area contributed by atoms with Crippen LogP contribution in [-0.4, -0.2) is 82.7 Å². The monoisotopic (exact) mass is 759 g/mol. The Bertz CT molecular complexity index is 1410. The second-order valence-corrected chi connectivity index (χ2v) is 12.8. The van der Waals surface area contributed by atoms with E-state index in [1.54, 1.807) is 38.1 Å². The number of allylic oxidation sites excluding steroid dienone is 1. The molecule has 1 rings (SSSR count). The number of rotatable bonds is 29. The van der Waals surface area contributed by atoms with Crippen LogP contribution >= 0.6 is 0 Å². The number of hydrogen-bond donors (Lipinski definition) is 4. The molecular weight excluding hydrogens is 702 g/mol. The van der Waals surface area contributed by atoms with Crippen LogP contribution in [-0.2, 0) is 44.6 Å². The number of ketones is 1. The summed E-state index contributed by atoms with van der Waals surface area (Å²) in [7, 11) is 0. The molecule has 4 N–H and O–H groups in total. The lowest BCUT2D eigenvalue weighted by Gasteiger charge is -2.29. The van der Waals surface area contributed by atoms with Gasteiger partial charge in [0.05, 0.1) is 18.9 Å². The molecule has 0 bridgehead atoms. The van der Waals surface area contributed by atoms with E-state index in [0.717, 1.165) is 51.0 Å². The maximum atomic E-state index is 13.7. The molecule has 300 valence electrons. The second-order valence-electron chi connectivity index (χ2n) is 12.8. The van der Waals surface area contributed by atoms with E-state index in [-0.39, 0.29) is 25.4 Å². The fraction of sp³-hybridized carbons (Fsp3) is 0.600. The first-order chi connectivity index (χ1) is 25.9. The van der Waals surface area contributed by atoms with Crippen molar-refractivity contribution in [3.05, 3.63) is 42.0 Å². The SMILES string of the molecule is CC#CCOc1ccc(C[C@H](NC(=O)[C@@H](C=CCCCCCCC(=O)CCCCCCC)[C@@](O)(CC(=O)O)C(=O)O)C(=O)OCOC(=O)OCCC)cc1. The first-order valence-corrected chi connectivity index (χ1v) is 18.6. The number of carbonyl (C=O) groups excluding carboxylic acids is 4. The molecule has 14 nitrogen and oxygen atoms in total. The number of esters is 1. The minimum atomic E-state index is -3.08. The minimum absolute atomic E-state index is 0.0776. The van der Waals surface area contributed by atoms with Gasteiger partial charge in [0.15, 0.2) is 5.60 Å². The lowest BCUT2D eigenvalue weighted by molar-refractivity contribution is -0.172. The maximum absolute atomic E-state index is 13.7. The van der Waals surface area contributed by atoms with Crippen molar-refractivity contribution in [2.45, 2.75) is 129 Å². The Balaban J connectivity index is 3.08. The fourth-order valence-corrected chi connectivity index (χ4v) is 5.30. The average Bonchev–Trinajstić information content (AvgIpc) is 3.13. The standard InChI is InChI=1S/C40H57NO13/c1-4-7-9-12-15-18-31(42)19-16-13-10-11-14-17-20-33(40(50,38(47)48)28-35(43)44)36(45)41-34(37(46)53-29-54-39(49)52-25-6-3)27-30-21-23-32(24-22-30)51-26-8-5-2/h17,20-24,33-34,50H,4,6-7,9-16,18-19,25-29H2,1-3H3,(H,41,45)(H,43,44)(H,47,48)/t33-,34+,40+/m1/s1. The van der Waals surface area contributed by atoms with Crippen LogP contribution in [0, 0.1) is 17.8 Å². The number of amides is 1. The topological polar surface area (TPSA) is 212 Å². The van der Waals surface area contributed by atoms with E-state index in [0.29, 0.717) is 43.4 Å². The van der Waals surface area contributed by atoms with Crippen molar-refractivity contribution >= 4 is 35.8 Å². The third-order valence-electron chi connectivity index (χ3n) is 8.31. The molecule has 0 aliphatic carbocycles. The molecule has 0 unspecified atom stereocenters. The molecule has 0 saturated heterocycles. The van der Waals surface area contributed by atoms with E-state index in [1.165, 1.54) is 12.5 Å². The first-order valence-electron chi connectivity index (χ1n) is 18.6. The van der Waals surface area contributed by atoms with Crippen molar-refractivity contribution in [2.75, 3.05) is 20.0 Å². The van der Waals surface area contributed by atoms with Crippen LogP contribution in [0.1, 0.15) is 116 Å². The summed E-state index contributed by atoms with van der Waals surface area (Å²) in [6, 6.07) is 4.94. The molecule has 1 aromatic carbocycles. The van der Waals surface area contributed by atoms with Gasteiger partial charge in [-0.25, -0.2) is 14.4 Å². The number of hydrogen-bond acceptors (Lipinski definition) is 11. The van der Waals surface area contributed by atoms with E-state index in [2.05, 4.69) is 24.1 Å².